The Labute approximate surface area is 113 Å². The molecule has 1 aromatic rings. The molecule has 2 atom stereocenters. The number of carbonyl (C=O) groups excluding carboxylic acids is 1. The number of ether oxygens (including phenoxy) is 3. The van der Waals surface area contributed by atoms with Crippen LogP contribution in [0.3, 0.4) is 0 Å². The van der Waals surface area contributed by atoms with E-state index in [4.69, 9.17) is 14.2 Å². The highest BCUT2D eigenvalue weighted by Crippen LogP contribution is 2.34. The maximum atomic E-state index is 12.1. The van der Waals surface area contributed by atoms with E-state index in [1.807, 2.05) is 31.2 Å². The van der Waals surface area contributed by atoms with Crippen LogP contribution in [0, 0.1) is 0 Å². The number of para-hydroxylation sites is 1. The van der Waals surface area contributed by atoms with Gasteiger partial charge in [0.15, 0.2) is 0 Å². The molecule has 0 fully saturated rings. The maximum Gasteiger partial charge on any atom is 0.313 e. The molecular weight excluding hydrogens is 244 g/mol. The van der Waals surface area contributed by atoms with Crippen LogP contribution in [0.15, 0.2) is 24.3 Å². The number of rotatable bonds is 5. The highest BCUT2D eigenvalue weighted by Gasteiger charge is 2.28. The Morgan fingerprint density at radius 1 is 1.47 bits per heavy atom. The quantitative estimate of drug-likeness (QED) is 0.767. The summed E-state index contributed by atoms with van der Waals surface area (Å²) in [4.78, 5) is 12.1. The van der Waals surface area contributed by atoms with Crippen molar-refractivity contribution in [2.75, 3.05) is 20.3 Å². The van der Waals surface area contributed by atoms with Gasteiger partial charge in [-0.1, -0.05) is 18.2 Å². The number of esters is 1. The molecule has 0 N–H and O–H groups in total. The van der Waals surface area contributed by atoms with Gasteiger partial charge in [0.2, 0.25) is 0 Å². The molecule has 0 amide bonds. The minimum absolute atomic E-state index is 0.106. The van der Waals surface area contributed by atoms with Crippen LogP contribution in [0.5, 0.6) is 5.75 Å². The van der Waals surface area contributed by atoms with Crippen LogP contribution in [0.4, 0.5) is 0 Å². The smallest absolute Gasteiger partial charge is 0.313 e. The standard InChI is InChI=1S/C15H20O4/c1-11(17-2)7-9-19-15(16)13-8-10-18-14-6-4-3-5-12(13)14/h3-6,11,13H,7-10H2,1-2H3/t11-,13-/m0/s1. The monoisotopic (exact) mass is 264 g/mol. The van der Waals surface area contributed by atoms with E-state index in [1.165, 1.54) is 0 Å². The van der Waals surface area contributed by atoms with Gasteiger partial charge in [0, 0.05) is 19.1 Å². The van der Waals surface area contributed by atoms with Crippen molar-refractivity contribution >= 4 is 5.97 Å². The average molecular weight is 264 g/mol. The van der Waals surface area contributed by atoms with Crippen molar-refractivity contribution < 1.29 is 19.0 Å². The molecule has 104 valence electrons. The van der Waals surface area contributed by atoms with Crippen LogP contribution in [-0.4, -0.2) is 32.4 Å². The lowest BCUT2D eigenvalue weighted by Gasteiger charge is -2.24. The van der Waals surface area contributed by atoms with Crippen LogP contribution in [0.25, 0.3) is 0 Å². The van der Waals surface area contributed by atoms with E-state index in [-0.39, 0.29) is 18.0 Å². The fraction of sp³-hybridized carbons (Fsp3) is 0.533. The molecule has 0 unspecified atom stereocenters. The Bertz CT molecular complexity index is 430. The number of benzene rings is 1. The lowest BCUT2D eigenvalue weighted by atomic mass is 9.93. The second kappa shape index (κ2) is 6.57. The summed E-state index contributed by atoms with van der Waals surface area (Å²) in [5.41, 5.74) is 0.929. The third kappa shape index (κ3) is 3.47. The highest BCUT2D eigenvalue weighted by molar-refractivity contribution is 5.79. The summed E-state index contributed by atoms with van der Waals surface area (Å²) in [5.74, 6) is 0.419. The largest absolute Gasteiger partial charge is 0.493 e. The summed E-state index contributed by atoms with van der Waals surface area (Å²) in [5, 5.41) is 0. The summed E-state index contributed by atoms with van der Waals surface area (Å²) in [6.45, 7) is 2.91. The van der Waals surface area contributed by atoms with E-state index in [2.05, 4.69) is 0 Å². The fourth-order valence-electron chi connectivity index (χ4n) is 2.13. The zero-order valence-corrected chi connectivity index (χ0v) is 11.4. The summed E-state index contributed by atoms with van der Waals surface area (Å²) in [6.07, 6.45) is 1.50. The van der Waals surface area contributed by atoms with Crippen molar-refractivity contribution in [3.63, 3.8) is 0 Å². The van der Waals surface area contributed by atoms with Crippen LogP contribution < -0.4 is 4.74 Å². The van der Waals surface area contributed by atoms with Crippen molar-refractivity contribution in [2.45, 2.75) is 31.8 Å². The van der Waals surface area contributed by atoms with Crippen LogP contribution in [0.1, 0.15) is 31.2 Å². The number of fused-ring (bicyclic) bond motifs is 1. The van der Waals surface area contributed by atoms with Crippen LogP contribution in [0.2, 0.25) is 0 Å². The van der Waals surface area contributed by atoms with E-state index < -0.39 is 0 Å². The van der Waals surface area contributed by atoms with Gasteiger partial charge in [-0.2, -0.15) is 0 Å². The first kappa shape index (κ1) is 13.9. The number of carbonyl (C=O) groups is 1. The highest BCUT2D eigenvalue weighted by atomic mass is 16.5. The van der Waals surface area contributed by atoms with Crippen molar-refractivity contribution in [2.24, 2.45) is 0 Å². The Morgan fingerprint density at radius 3 is 3.05 bits per heavy atom. The number of hydrogen-bond acceptors (Lipinski definition) is 4. The molecule has 0 spiro atoms. The molecule has 0 radical (unpaired) electrons. The Morgan fingerprint density at radius 2 is 2.26 bits per heavy atom. The van der Waals surface area contributed by atoms with Crippen LogP contribution >= 0.6 is 0 Å². The Hall–Kier alpha value is -1.55. The number of hydrogen-bond donors (Lipinski definition) is 0. The molecule has 1 aliphatic heterocycles. The molecule has 1 aliphatic rings. The molecule has 0 aromatic heterocycles. The predicted octanol–water partition coefficient (Wildman–Crippen LogP) is 2.52. The lowest BCUT2D eigenvalue weighted by molar-refractivity contribution is -0.146. The van der Waals surface area contributed by atoms with E-state index in [0.717, 1.165) is 11.3 Å². The van der Waals surface area contributed by atoms with E-state index in [9.17, 15) is 4.79 Å². The molecule has 0 aliphatic carbocycles. The molecule has 0 saturated heterocycles. The lowest BCUT2D eigenvalue weighted by Crippen LogP contribution is -2.24. The van der Waals surface area contributed by atoms with Crippen molar-refractivity contribution in [3.8, 4) is 5.75 Å². The molecule has 0 bridgehead atoms. The Kier molecular flexibility index (Phi) is 4.80. The predicted molar refractivity (Wildman–Crippen MR) is 71.3 cm³/mol. The zero-order chi connectivity index (χ0) is 13.7. The normalized spacial score (nSPS) is 19.2. The van der Waals surface area contributed by atoms with Gasteiger partial charge in [0.25, 0.3) is 0 Å². The molecule has 0 saturated carbocycles. The van der Waals surface area contributed by atoms with Crippen molar-refractivity contribution in [1.29, 1.82) is 0 Å². The van der Waals surface area contributed by atoms with Gasteiger partial charge >= 0.3 is 5.97 Å². The summed E-state index contributed by atoms with van der Waals surface area (Å²) < 4.78 is 16.0. The Balaban J connectivity index is 1.93. The zero-order valence-electron chi connectivity index (χ0n) is 11.4. The molecule has 2 rings (SSSR count). The minimum atomic E-state index is -0.206. The minimum Gasteiger partial charge on any atom is -0.493 e. The molecule has 19 heavy (non-hydrogen) atoms. The molecule has 1 aromatic carbocycles. The molecular formula is C15H20O4. The first-order chi connectivity index (χ1) is 9.22. The first-order valence-corrected chi connectivity index (χ1v) is 6.63. The number of methoxy groups -OCH3 is 1. The van der Waals surface area contributed by atoms with Gasteiger partial charge in [-0.25, -0.2) is 0 Å². The maximum absolute atomic E-state index is 12.1. The molecule has 4 nitrogen and oxygen atoms in total. The second-order valence-electron chi connectivity index (χ2n) is 4.73. The SMILES string of the molecule is CO[C@@H](C)CCOC(=O)[C@H]1CCOc2ccccc21. The van der Waals surface area contributed by atoms with Crippen molar-refractivity contribution in [1.82, 2.24) is 0 Å². The van der Waals surface area contributed by atoms with Crippen LogP contribution in [-0.2, 0) is 14.3 Å². The van der Waals surface area contributed by atoms with E-state index in [1.54, 1.807) is 7.11 Å². The van der Waals surface area contributed by atoms with Gasteiger partial charge in [-0.05, 0) is 19.4 Å². The van der Waals surface area contributed by atoms with Gasteiger partial charge in [0.1, 0.15) is 5.75 Å². The fourth-order valence-corrected chi connectivity index (χ4v) is 2.13. The third-order valence-corrected chi connectivity index (χ3v) is 3.41. The molecule has 4 heteroatoms. The first-order valence-electron chi connectivity index (χ1n) is 6.63. The summed E-state index contributed by atoms with van der Waals surface area (Å²) >= 11 is 0. The van der Waals surface area contributed by atoms with Gasteiger partial charge in [0.05, 0.1) is 25.2 Å². The summed E-state index contributed by atoms with van der Waals surface area (Å²) in [6, 6.07) is 7.65. The van der Waals surface area contributed by atoms with E-state index >= 15 is 0 Å². The van der Waals surface area contributed by atoms with Gasteiger partial charge in [-0.3, -0.25) is 4.79 Å². The van der Waals surface area contributed by atoms with Crippen molar-refractivity contribution in [3.05, 3.63) is 29.8 Å². The second-order valence-corrected chi connectivity index (χ2v) is 4.73. The van der Waals surface area contributed by atoms with Gasteiger partial charge < -0.3 is 14.2 Å². The third-order valence-electron chi connectivity index (χ3n) is 3.41. The summed E-state index contributed by atoms with van der Waals surface area (Å²) in [7, 11) is 1.65. The average Bonchev–Trinajstić information content (AvgIpc) is 2.46. The molecule has 1 heterocycles. The van der Waals surface area contributed by atoms with Gasteiger partial charge in [-0.15, -0.1) is 0 Å². The van der Waals surface area contributed by atoms with E-state index in [0.29, 0.717) is 26.1 Å². The topological polar surface area (TPSA) is 44.8 Å².